The predicted molar refractivity (Wildman–Crippen MR) is 293 cm³/mol. The fraction of sp³-hybridized carbons (Fsp3) is 0.629. The molecule has 0 heterocycles. The maximum absolute atomic E-state index is 12.8. The molecule has 0 fully saturated rings. The van der Waals surface area contributed by atoms with Crippen LogP contribution in [0.15, 0.2) is 122 Å². The normalized spacial score (nSPS) is 13.0. The average molecular weight is 941 g/mol. The van der Waals surface area contributed by atoms with Gasteiger partial charge < -0.3 is 14.2 Å². The van der Waals surface area contributed by atoms with Gasteiger partial charge in [0.1, 0.15) is 13.2 Å². The molecule has 0 N–H and O–H groups in total. The Kier molecular flexibility index (Phi) is 52.0. The number of unbranched alkanes of at least 4 members (excludes halogenated alkanes) is 24. The van der Waals surface area contributed by atoms with Crippen molar-refractivity contribution in [2.24, 2.45) is 0 Å². The van der Waals surface area contributed by atoms with Crippen LogP contribution in [-0.4, -0.2) is 37.2 Å². The second kappa shape index (κ2) is 55.4. The van der Waals surface area contributed by atoms with E-state index >= 15 is 0 Å². The molecule has 0 aromatic heterocycles. The molecule has 68 heavy (non-hydrogen) atoms. The van der Waals surface area contributed by atoms with Gasteiger partial charge in [0.2, 0.25) is 0 Å². The quantitative estimate of drug-likeness (QED) is 0.0262. The Hall–Kier alpha value is -4.19. The summed E-state index contributed by atoms with van der Waals surface area (Å²) in [4.78, 5) is 38.1. The first-order valence-corrected chi connectivity index (χ1v) is 27.7. The van der Waals surface area contributed by atoms with Crippen LogP contribution in [0.25, 0.3) is 0 Å². The van der Waals surface area contributed by atoms with E-state index in [1.807, 2.05) is 24.3 Å². The Morgan fingerprint density at radius 1 is 0.309 bits per heavy atom. The van der Waals surface area contributed by atoms with E-state index in [1.165, 1.54) is 83.5 Å². The summed E-state index contributed by atoms with van der Waals surface area (Å²) in [5, 5.41) is 0. The maximum Gasteiger partial charge on any atom is 0.306 e. The fourth-order valence-electron chi connectivity index (χ4n) is 7.23. The lowest BCUT2D eigenvalue weighted by Gasteiger charge is -2.18. The molecule has 1 unspecified atom stereocenters. The molecule has 6 nitrogen and oxygen atoms in total. The molecule has 0 rings (SSSR count). The minimum atomic E-state index is -0.805. The van der Waals surface area contributed by atoms with E-state index in [4.69, 9.17) is 14.2 Å². The Balaban J connectivity index is 4.47. The first kappa shape index (κ1) is 63.8. The Morgan fingerprint density at radius 3 is 0.971 bits per heavy atom. The average Bonchev–Trinajstić information content (AvgIpc) is 3.34. The zero-order valence-corrected chi connectivity index (χ0v) is 43.8. The molecule has 0 bridgehead atoms. The second-order valence-corrected chi connectivity index (χ2v) is 18.0. The number of allylic oxidation sites excluding steroid dienone is 20. The highest BCUT2D eigenvalue weighted by Gasteiger charge is 2.19. The van der Waals surface area contributed by atoms with Gasteiger partial charge in [0, 0.05) is 19.3 Å². The predicted octanol–water partition coefficient (Wildman–Crippen LogP) is 18.5. The summed E-state index contributed by atoms with van der Waals surface area (Å²) in [6.45, 7) is 6.34. The highest BCUT2D eigenvalue weighted by molar-refractivity contribution is 5.71. The SMILES string of the molecule is CC/C=C/C=C/C=C/CCCCCCCC(=O)OCC(COC(=O)CCCCCCCCCCCC/C=C/C=C/CCCCC)OC(=O)CCCCCCC/C=C/C=C/C=C/C=C/C=C/CCC. The smallest absolute Gasteiger partial charge is 0.306 e. The molecule has 0 radical (unpaired) electrons. The number of hydrogen-bond donors (Lipinski definition) is 0. The molecule has 6 heteroatoms. The van der Waals surface area contributed by atoms with Crippen LogP contribution < -0.4 is 0 Å². The fourth-order valence-corrected chi connectivity index (χ4v) is 7.23. The van der Waals surface area contributed by atoms with Crippen molar-refractivity contribution in [2.45, 2.75) is 239 Å². The third kappa shape index (κ3) is 52.8. The summed E-state index contributed by atoms with van der Waals surface area (Å²) in [5.41, 5.74) is 0. The molecule has 0 aliphatic rings. The van der Waals surface area contributed by atoms with Gasteiger partial charge in [-0.05, 0) is 83.5 Å². The summed E-state index contributed by atoms with van der Waals surface area (Å²) >= 11 is 0. The van der Waals surface area contributed by atoms with Crippen molar-refractivity contribution in [1.29, 1.82) is 0 Å². The largest absolute Gasteiger partial charge is 0.462 e. The highest BCUT2D eigenvalue weighted by Crippen LogP contribution is 2.14. The third-order valence-corrected chi connectivity index (χ3v) is 11.4. The van der Waals surface area contributed by atoms with Crippen LogP contribution in [0.3, 0.4) is 0 Å². The van der Waals surface area contributed by atoms with Crippen molar-refractivity contribution in [3.05, 3.63) is 122 Å². The first-order chi connectivity index (χ1) is 33.5. The van der Waals surface area contributed by atoms with Gasteiger partial charge in [-0.25, -0.2) is 0 Å². The monoisotopic (exact) mass is 941 g/mol. The second-order valence-electron chi connectivity index (χ2n) is 18.0. The molecule has 0 aromatic rings. The molecule has 0 saturated carbocycles. The summed E-state index contributed by atoms with van der Waals surface area (Å²) in [5.74, 6) is -0.954. The van der Waals surface area contributed by atoms with Crippen LogP contribution in [0.4, 0.5) is 0 Å². The van der Waals surface area contributed by atoms with Gasteiger partial charge in [-0.1, -0.05) is 251 Å². The molecular weight excluding hydrogens is 841 g/mol. The Labute approximate surface area is 418 Å². The highest BCUT2D eigenvalue weighted by atomic mass is 16.6. The maximum atomic E-state index is 12.8. The lowest BCUT2D eigenvalue weighted by Crippen LogP contribution is -2.30. The van der Waals surface area contributed by atoms with Gasteiger partial charge in [0.25, 0.3) is 0 Å². The minimum absolute atomic E-state index is 0.100. The Bertz CT molecular complexity index is 1450. The van der Waals surface area contributed by atoms with E-state index in [1.54, 1.807) is 0 Å². The van der Waals surface area contributed by atoms with Crippen molar-refractivity contribution >= 4 is 17.9 Å². The molecule has 1 atom stereocenters. The lowest BCUT2D eigenvalue weighted by atomic mass is 10.1. The molecule has 0 amide bonds. The lowest BCUT2D eigenvalue weighted by molar-refractivity contribution is -0.167. The van der Waals surface area contributed by atoms with Crippen LogP contribution >= 0.6 is 0 Å². The van der Waals surface area contributed by atoms with E-state index in [9.17, 15) is 14.4 Å². The summed E-state index contributed by atoms with van der Waals surface area (Å²) in [6, 6.07) is 0. The van der Waals surface area contributed by atoms with E-state index in [-0.39, 0.29) is 31.1 Å². The van der Waals surface area contributed by atoms with Crippen LogP contribution in [0.1, 0.15) is 233 Å². The van der Waals surface area contributed by atoms with Crippen molar-refractivity contribution in [2.75, 3.05) is 13.2 Å². The van der Waals surface area contributed by atoms with E-state index in [0.29, 0.717) is 19.3 Å². The van der Waals surface area contributed by atoms with E-state index in [0.717, 1.165) is 109 Å². The molecule has 384 valence electrons. The van der Waals surface area contributed by atoms with Crippen molar-refractivity contribution in [3.63, 3.8) is 0 Å². The summed E-state index contributed by atoms with van der Waals surface area (Å²) in [7, 11) is 0. The molecule has 0 aliphatic heterocycles. The minimum Gasteiger partial charge on any atom is -0.462 e. The van der Waals surface area contributed by atoms with Crippen LogP contribution in [0.5, 0.6) is 0 Å². The van der Waals surface area contributed by atoms with Gasteiger partial charge >= 0.3 is 17.9 Å². The third-order valence-electron chi connectivity index (χ3n) is 11.4. The molecule has 0 spiro atoms. The zero-order chi connectivity index (χ0) is 49.3. The van der Waals surface area contributed by atoms with Crippen LogP contribution in [0, 0.1) is 0 Å². The van der Waals surface area contributed by atoms with E-state index < -0.39 is 6.10 Å². The van der Waals surface area contributed by atoms with Gasteiger partial charge in [-0.2, -0.15) is 0 Å². The van der Waals surface area contributed by atoms with E-state index in [2.05, 4.69) is 118 Å². The van der Waals surface area contributed by atoms with Crippen molar-refractivity contribution < 1.29 is 28.6 Å². The van der Waals surface area contributed by atoms with Gasteiger partial charge in [0.05, 0.1) is 0 Å². The van der Waals surface area contributed by atoms with Crippen LogP contribution in [-0.2, 0) is 28.6 Å². The molecule has 0 saturated heterocycles. The number of esters is 3. The van der Waals surface area contributed by atoms with Gasteiger partial charge in [0.15, 0.2) is 6.10 Å². The summed E-state index contributed by atoms with van der Waals surface area (Å²) in [6.07, 6.45) is 76.0. The first-order valence-electron chi connectivity index (χ1n) is 27.7. The standard InChI is InChI=1S/C62H100O6/c1-4-7-10-13-16-19-22-25-27-29-31-33-34-37-40-43-46-49-52-55-61(64)67-58-59(57-66-60(63)54-51-48-45-42-39-36-24-21-18-15-12-9-6-3)68-62(65)56-53-50-47-44-41-38-35-32-30-28-26-23-20-17-14-11-8-5-2/h9,11-12,14-26,28,30,32,35,59H,4-8,10,13,27,29,31,33-34,36-58H2,1-3H3/b12-9+,14-11+,18-15+,19-16+,20-17+,24-21+,25-22+,26-23+,30-28+,35-32+. The number of carbonyl (C=O) groups excluding carboxylic acids is 3. The van der Waals surface area contributed by atoms with Crippen molar-refractivity contribution in [1.82, 2.24) is 0 Å². The van der Waals surface area contributed by atoms with Crippen LogP contribution in [0.2, 0.25) is 0 Å². The number of rotatable bonds is 48. The van der Waals surface area contributed by atoms with Crippen molar-refractivity contribution in [3.8, 4) is 0 Å². The van der Waals surface area contributed by atoms with Gasteiger partial charge in [-0.15, -0.1) is 0 Å². The number of hydrogen-bond acceptors (Lipinski definition) is 6. The zero-order valence-electron chi connectivity index (χ0n) is 43.8. The molecule has 0 aromatic carbocycles. The topological polar surface area (TPSA) is 78.9 Å². The van der Waals surface area contributed by atoms with Gasteiger partial charge in [-0.3, -0.25) is 14.4 Å². The summed E-state index contributed by atoms with van der Waals surface area (Å²) < 4.78 is 16.8. The number of ether oxygens (including phenoxy) is 3. The number of carbonyl (C=O) groups is 3. The molecule has 0 aliphatic carbocycles. The molecular formula is C62H100O6. The Morgan fingerprint density at radius 2 is 0.603 bits per heavy atom.